The van der Waals surface area contributed by atoms with E-state index in [1.165, 1.54) is 24.0 Å². The molecular weight excluding hydrogens is 203 g/mol. The molecule has 1 heterocycles. The lowest BCUT2D eigenvalue weighted by atomic mass is 9.93. The molecule has 1 N–H and O–H groups in total. The zero-order valence-corrected chi connectivity index (χ0v) is 9.60. The molecule has 1 fully saturated rings. The van der Waals surface area contributed by atoms with Crippen molar-refractivity contribution in [3.05, 3.63) is 28.7 Å². The van der Waals surface area contributed by atoms with E-state index in [9.17, 15) is 4.39 Å². The number of nitrogens with one attached hydrogen (secondary N) is 1. The molecule has 3 rings (SSSR count). The summed E-state index contributed by atoms with van der Waals surface area (Å²) in [6.07, 6.45) is 3.37. The van der Waals surface area contributed by atoms with Crippen LogP contribution in [0.1, 0.15) is 42.4 Å². The minimum absolute atomic E-state index is 0.284. The number of hydrogen-bond donors (Lipinski definition) is 1. The third kappa shape index (κ3) is 1.27. The summed E-state index contributed by atoms with van der Waals surface area (Å²) in [6, 6.07) is 2.00. The van der Waals surface area contributed by atoms with Gasteiger partial charge in [0.05, 0.1) is 10.9 Å². The van der Waals surface area contributed by atoms with E-state index in [-0.39, 0.29) is 5.95 Å². The molecule has 84 valence electrons. The minimum atomic E-state index is -0.284. The Hall–Kier alpha value is -1.38. The Bertz CT molecular complexity index is 553. The number of aromatic nitrogens is 2. The SMILES string of the molecule is CCc1c(C2CC2)c(C)cc2n[nH]c(F)c12. The van der Waals surface area contributed by atoms with Gasteiger partial charge in [0.25, 0.3) is 0 Å². The fourth-order valence-corrected chi connectivity index (χ4v) is 2.69. The first kappa shape index (κ1) is 9.82. The number of benzene rings is 1. The van der Waals surface area contributed by atoms with E-state index in [4.69, 9.17) is 0 Å². The summed E-state index contributed by atoms with van der Waals surface area (Å²) in [6.45, 7) is 4.20. The number of rotatable bonds is 2. The number of nitrogens with zero attached hydrogens (tertiary/aromatic N) is 1. The highest BCUT2D eigenvalue weighted by Gasteiger charge is 2.29. The Morgan fingerprint density at radius 1 is 1.50 bits per heavy atom. The first-order valence-corrected chi connectivity index (χ1v) is 5.88. The Morgan fingerprint density at radius 2 is 2.25 bits per heavy atom. The summed E-state index contributed by atoms with van der Waals surface area (Å²) < 4.78 is 13.7. The maximum atomic E-state index is 13.7. The summed E-state index contributed by atoms with van der Waals surface area (Å²) in [7, 11) is 0. The third-order valence-corrected chi connectivity index (χ3v) is 3.49. The van der Waals surface area contributed by atoms with Gasteiger partial charge in [-0.05, 0) is 54.9 Å². The van der Waals surface area contributed by atoms with Crippen molar-refractivity contribution < 1.29 is 4.39 Å². The van der Waals surface area contributed by atoms with E-state index in [2.05, 4.69) is 24.0 Å². The zero-order valence-electron chi connectivity index (χ0n) is 9.60. The van der Waals surface area contributed by atoms with Gasteiger partial charge < -0.3 is 0 Å². The zero-order chi connectivity index (χ0) is 11.3. The summed E-state index contributed by atoms with van der Waals surface area (Å²) in [4.78, 5) is 0. The number of hydrogen-bond acceptors (Lipinski definition) is 1. The van der Waals surface area contributed by atoms with E-state index in [0.717, 1.165) is 17.5 Å². The first-order chi connectivity index (χ1) is 7.72. The molecule has 1 aliphatic carbocycles. The predicted octanol–water partition coefficient (Wildman–Crippen LogP) is 3.45. The number of aryl methyl sites for hydroxylation is 2. The van der Waals surface area contributed by atoms with Gasteiger partial charge in [0.15, 0.2) is 0 Å². The van der Waals surface area contributed by atoms with Gasteiger partial charge >= 0.3 is 0 Å². The van der Waals surface area contributed by atoms with Gasteiger partial charge in [0, 0.05) is 0 Å². The van der Waals surface area contributed by atoms with E-state index in [1.54, 1.807) is 0 Å². The van der Waals surface area contributed by atoms with Crippen molar-refractivity contribution in [3.63, 3.8) is 0 Å². The number of fused-ring (bicyclic) bond motifs is 1. The summed E-state index contributed by atoms with van der Waals surface area (Å²) in [5.74, 6) is 0.377. The van der Waals surface area contributed by atoms with Crippen molar-refractivity contribution in [2.24, 2.45) is 0 Å². The molecule has 0 bridgehead atoms. The molecule has 1 saturated carbocycles. The molecule has 0 atom stereocenters. The molecule has 0 radical (unpaired) electrons. The second kappa shape index (κ2) is 3.30. The van der Waals surface area contributed by atoms with Gasteiger partial charge in [0.1, 0.15) is 0 Å². The number of H-pyrrole nitrogens is 1. The second-order valence-electron chi connectivity index (χ2n) is 4.65. The Labute approximate surface area is 93.9 Å². The van der Waals surface area contributed by atoms with Crippen molar-refractivity contribution >= 4 is 10.9 Å². The highest BCUT2D eigenvalue weighted by Crippen LogP contribution is 2.45. The third-order valence-electron chi connectivity index (χ3n) is 3.49. The van der Waals surface area contributed by atoms with Crippen molar-refractivity contribution in [1.82, 2.24) is 10.2 Å². The average Bonchev–Trinajstić information content (AvgIpc) is 3.03. The maximum absolute atomic E-state index is 13.7. The lowest BCUT2D eigenvalue weighted by Crippen LogP contribution is -1.96. The van der Waals surface area contributed by atoms with Crippen LogP contribution < -0.4 is 0 Å². The van der Waals surface area contributed by atoms with E-state index >= 15 is 0 Å². The topological polar surface area (TPSA) is 28.7 Å². The number of aromatic amines is 1. The lowest BCUT2D eigenvalue weighted by Gasteiger charge is -2.11. The van der Waals surface area contributed by atoms with E-state index in [0.29, 0.717) is 11.3 Å². The van der Waals surface area contributed by atoms with Gasteiger partial charge in [0.2, 0.25) is 5.95 Å². The predicted molar refractivity (Wildman–Crippen MR) is 62.1 cm³/mol. The van der Waals surface area contributed by atoms with Crippen LogP contribution in [0.3, 0.4) is 0 Å². The van der Waals surface area contributed by atoms with Gasteiger partial charge in [-0.2, -0.15) is 9.49 Å². The molecule has 0 saturated heterocycles. The standard InChI is InChI=1S/C13H15FN2/c1-3-9-11(8-4-5-8)7(2)6-10-12(9)13(14)16-15-10/h6,8H,3-5H2,1-2H3,(H,15,16). The van der Waals surface area contributed by atoms with Crippen LogP contribution in [0.25, 0.3) is 10.9 Å². The monoisotopic (exact) mass is 218 g/mol. The first-order valence-electron chi connectivity index (χ1n) is 5.88. The molecular formula is C13H15FN2. The van der Waals surface area contributed by atoms with Crippen molar-refractivity contribution in [1.29, 1.82) is 0 Å². The fraction of sp³-hybridized carbons (Fsp3) is 0.462. The van der Waals surface area contributed by atoms with Gasteiger partial charge in [-0.15, -0.1) is 0 Å². The summed E-state index contributed by atoms with van der Waals surface area (Å²) >= 11 is 0. The largest absolute Gasteiger partial charge is 0.252 e. The molecule has 0 aliphatic heterocycles. The highest BCUT2D eigenvalue weighted by molar-refractivity contribution is 5.85. The molecule has 16 heavy (non-hydrogen) atoms. The second-order valence-corrected chi connectivity index (χ2v) is 4.65. The van der Waals surface area contributed by atoms with Gasteiger partial charge in [-0.1, -0.05) is 6.92 Å². The van der Waals surface area contributed by atoms with Crippen LogP contribution in [-0.4, -0.2) is 10.2 Å². The molecule has 1 aromatic carbocycles. The van der Waals surface area contributed by atoms with Crippen LogP contribution in [0.15, 0.2) is 6.07 Å². The van der Waals surface area contributed by atoms with Gasteiger partial charge in [-0.3, -0.25) is 5.10 Å². The highest BCUT2D eigenvalue weighted by atomic mass is 19.1. The molecule has 2 aromatic rings. The Balaban J connectivity index is 2.38. The van der Waals surface area contributed by atoms with E-state index < -0.39 is 0 Å². The average molecular weight is 218 g/mol. The van der Waals surface area contributed by atoms with Crippen LogP contribution in [0.4, 0.5) is 4.39 Å². The van der Waals surface area contributed by atoms with Gasteiger partial charge in [-0.25, -0.2) is 0 Å². The Kier molecular flexibility index (Phi) is 2.03. The maximum Gasteiger partial charge on any atom is 0.217 e. The molecule has 1 aromatic heterocycles. The van der Waals surface area contributed by atoms with Crippen LogP contribution in [0.5, 0.6) is 0 Å². The van der Waals surface area contributed by atoms with Crippen LogP contribution in [-0.2, 0) is 6.42 Å². The molecule has 0 spiro atoms. The van der Waals surface area contributed by atoms with Crippen LogP contribution in [0, 0.1) is 12.9 Å². The van der Waals surface area contributed by atoms with E-state index in [1.807, 2.05) is 6.07 Å². The molecule has 0 amide bonds. The van der Waals surface area contributed by atoms with Crippen LogP contribution >= 0.6 is 0 Å². The summed E-state index contributed by atoms with van der Waals surface area (Å²) in [5.41, 5.74) is 4.55. The quantitative estimate of drug-likeness (QED) is 0.821. The lowest BCUT2D eigenvalue weighted by molar-refractivity contribution is 0.587. The molecule has 0 unspecified atom stereocenters. The smallest absolute Gasteiger partial charge is 0.217 e. The molecule has 3 heteroatoms. The normalized spacial score (nSPS) is 15.9. The van der Waals surface area contributed by atoms with Crippen molar-refractivity contribution in [2.45, 2.75) is 39.0 Å². The number of halogens is 1. The molecule has 1 aliphatic rings. The minimum Gasteiger partial charge on any atom is -0.252 e. The summed E-state index contributed by atoms with van der Waals surface area (Å²) in [5, 5.41) is 7.16. The van der Waals surface area contributed by atoms with Crippen molar-refractivity contribution in [3.8, 4) is 0 Å². The van der Waals surface area contributed by atoms with Crippen LogP contribution in [0.2, 0.25) is 0 Å². The van der Waals surface area contributed by atoms with Crippen molar-refractivity contribution in [2.75, 3.05) is 0 Å². The molecule has 2 nitrogen and oxygen atoms in total. The Morgan fingerprint density at radius 3 is 2.88 bits per heavy atom. The fourth-order valence-electron chi connectivity index (χ4n) is 2.69.